The second kappa shape index (κ2) is 5.36. The van der Waals surface area contributed by atoms with Crippen molar-refractivity contribution in [3.63, 3.8) is 0 Å². The van der Waals surface area contributed by atoms with E-state index in [0.29, 0.717) is 17.2 Å². The van der Waals surface area contributed by atoms with Gasteiger partial charge in [-0.05, 0) is 23.8 Å². The average Bonchev–Trinajstić information content (AvgIpc) is 2.38. The summed E-state index contributed by atoms with van der Waals surface area (Å²) in [6.45, 7) is 0.662. The number of thiocarbonyl (C=S) groups is 1. The summed E-state index contributed by atoms with van der Waals surface area (Å²) in [5, 5.41) is 3.24. The largest absolute Gasteiger partial charge is 0.388 e. The summed E-state index contributed by atoms with van der Waals surface area (Å²) in [6.07, 6.45) is 5.22. The molecular formula is C12H12N4S. The summed E-state index contributed by atoms with van der Waals surface area (Å²) in [5.41, 5.74) is 8.14. The van der Waals surface area contributed by atoms with Gasteiger partial charge in [-0.25, -0.2) is 0 Å². The molecule has 3 N–H and O–H groups in total. The first-order valence-electron chi connectivity index (χ1n) is 5.15. The number of anilines is 1. The van der Waals surface area contributed by atoms with Crippen LogP contribution < -0.4 is 11.1 Å². The van der Waals surface area contributed by atoms with Crippen LogP contribution in [0.3, 0.4) is 0 Å². The quantitative estimate of drug-likeness (QED) is 0.802. The maximum atomic E-state index is 5.60. The van der Waals surface area contributed by atoms with Gasteiger partial charge in [0.25, 0.3) is 0 Å². The van der Waals surface area contributed by atoms with Gasteiger partial charge < -0.3 is 11.1 Å². The van der Waals surface area contributed by atoms with E-state index in [4.69, 9.17) is 18.0 Å². The minimum Gasteiger partial charge on any atom is -0.388 e. The van der Waals surface area contributed by atoms with Gasteiger partial charge in [-0.3, -0.25) is 9.97 Å². The maximum absolute atomic E-state index is 5.60. The normalized spacial score (nSPS) is 9.88. The molecule has 0 atom stereocenters. The Balaban J connectivity index is 2.12. The number of hydrogen-bond donors (Lipinski definition) is 2. The molecule has 0 saturated carbocycles. The smallest absolute Gasteiger partial charge is 0.124 e. The van der Waals surface area contributed by atoms with E-state index in [0.717, 1.165) is 11.3 Å². The van der Waals surface area contributed by atoms with Gasteiger partial charge in [0.05, 0.1) is 5.69 Å². The Bertz CT molecular complexity index is 513. The molecular weight excluding hydrogens is 232 g/mol. The molecule has 5 heteroatoms. The number of nitrogens with two attached hydrogens (primary N) is 1. The lowest BCUT2D eigenvalue weighted by Crippen LogP contribution is -2.15. The van der Waals surface area contributed by atoms with Crippen LogP contribution in [-0.4, -0.2) is 15.0 Å². The second-order valence-electron chi connectivity index (χ2n) is 3.48. The Morgan fingerprint density at radius 3 is 2.82 bits per heavy atom. The summed E-state index contributed by atoms with van der Waals surface area (Å²) in [6, 6.07) is 7.64. The van der Waals surface area contributed by atoms with Crippen molar-refractivity contribution >= 4 is 22.9 Å². The standard InChI is InChI=1S/C12H12N4S/c13-12(17)11-10(4-2-6-15-11)16-8-9-3-1-5-14-7-9/h1-7,16H,8H2,(H2,13,17). The van der Waals surface area contributed by atoms with Gasteiger partial charge in [0.1, 0.15) is 10.7 Å². The zero-order valence-corrected chi connectivity index (χ0v) is 9.95. The van der Waals surface area contributed by atoms with Crippen molar-refractivity contribution < 1.29 is 0 Å². The van der Waals surface area contributed by atoms with Gasteiger partial charge in [-0.2, -0.15) is 0 Å². The molecule has 2 heterocycles. The molecule has 0 bridgehead atoms. The summed E-state index contributed by atoms with van der Waals surface area (Å²) in [7, 11) is 0. The van der Waals surface area contributed by atoms with E-state index >= 15 is 0 Å². The van der Waals surface area contributed by atoms with E-state index in [-0.39, 0.29) is 0 Å². The fourth-order valence-corrected chi connectivity index (χ4v) is 1.61. The molecule has 0 unspecified atom stereocenters. The Kier molecular flexibility index (Phi) is 3.62. The third-order valence-electron chi connectivity index (χ3n) is 2.25. The fraction of sp³-hybridized carbons (Fsp3) is 0.0833. The molecule has 0 saturated heterocycles. The molecule has 0 radical (unpaired) electrons. The molecule has 0 aliphatic rings. The van der Waals surface area contributed by atoms with E-state index < -0.39 is 0 Å². The van der Waals surface area contributed by atoms with Crippen LogP contribution >= 0.6 is 12.2 Å². The molecule has 4 nitrogen and oxygen atoms in total. The highest BCUT2D eigenvalue weighted by atomic mass is 32.1. The van der Waals surface area contributed by atoms with Crippen molar-refractivity contribution in [3.8, 4) is 0 Å². The first kappa shape index (κ1) is 11.5. The number of nitrogens with zero attached hydrogens (tertiary/aromatic N) is 2. The highest BCUT2D eigenvalue weighted by molar-refractivity contribution is 7.80. The van der Waals surface area contributed by atoms with Gasteiger partial charge in [0, 0.05) is 25.1 Å². The molecule has 86 valence electrons. The molecule has 0 amide bonds. The molecule has 0 spiro atoms. The van der Waals surface area contributed by atoms with E-state index in [1.807, 2.05) is 30.5 Å². The zero-order valence-electron chi connectivity index (χ0n) is 9.13. The van der Waals surface area contributed by atoms with Crippen molar-refractivity contribution in [1.82, 2.24) is 9.97 Å². The molecule has 0 aliphatic carbocycles. The highest BCUT2D eigenvalue weighted by Crippen LogP contribution is 2.13. The lowest BCUT2D eigenvalue weighted by molar-refractivity contribution is 1.10. The molecule has 0 aliphatic heterocycles. The Labute approximate surface area is 105 Å². The topological polar surface area (TPSA) is 63.8 Å². The highest BCUT2D eigenvalue weighted by Gasteiger charge is 2.05. The van der Waals surface area contributed by atoms with E-state index in [1.165, 1.54) is 0 Å². The molecule has 17 heavy (non-hydrogen) atoms. The lowest BCUT2D eigenvalue weighted by atomic mass is 10.2. The zero-order chi connectivity index (χ0) is 12.1. The summed E-state index contributed by atoms with van der Waals surface area (Å²) >= 11 is 4.94. The van der Waals surface area contributed by atoms with Crippen LogP contribution in [0.4, 0.5) is 5.69 Å². The van der Waals surface area contributed by atoms with Gasteiger partial charge in [-0.15, -0.1) is 0 Å². The van der Waals surface area contributed by atoms with E-state index in [9.17, 15) is 0 Å². The third kappa shape index (κ3) is 2.98. The van der Waals surface area contributed by atoms with Crippen molar-refractivity contribution in [3.05, 3.63) is 54.1 Å². The monoisotopic (exact) mass is 244 g/mol. The number of hydrogen-bond acceptors (Lipinski definition) is 4. The summed E-state index contributed by atoms with van der Waals surface area (Å²) < 4.78 is 0. The van der Waals surface area contributed by atoms with Crippen LogP contribution in [-0.2, 0) is 6.54 Å². The molecule has 2 aromatic heterocycles. The average molecular weight is 244 g/mol. The molecule has 2 aromatic rings. The maximum Gasteiger partial charge on any atom is 0.124 e. The van der Waals surface area contributed by atoms with Gasteiger partial charge in [-0.1, -0.05) is 18.3 Å². The van der Waals surface area contributed by atoms with Crippen molar-refractivity contribution in [1.29, 1.82) is 0 Å². The molecule has 2 rings (SSSR count). The van der Waals surface area contributed by atoms with Gasteiger partial charge in [0.2, 0.25) is 0 Å². The van der Waals surface area contributed by atoms with Crippen molar-refractivity contribution in [2.24, 2.45) is 5.73 Å². The second-order valence-corrected chi connectivity index (χ2v) is 3.92. The van der Waals surface area contributed by atoms with E-state index in [1.54, 1.807) is 12.4 Å². The Morgan fingerprint density at radius 2 is 2.12 bits per heavy atom. The third-order valence-corrected chi connectivity index (χ3v) is 2.44. The van der Waals surface area contributed by atoms with Gasteiger partial charge >= 0.3 is 0 Å². The first-order chi connectivity index (χ1) is 8.27. The van der Waals surface area contributed by atoms with Crippen LogP contribution in [0.25, 0.3) is 0 Å². The predicted octanol–water partition coefficient (Wildman–Crippen LogP) is 1.72. The summed E-state index contributed by atoms with van der Waals surface area (Å²) in [4.78, 5) is 8.49. The van der Waals surface area contributed by atoms with Crippen LogP contribution in [0.5, 0.6) is 0 Å². The number of nitrogens with one attached hydrogen (secondary N) is 1. The fourth-order valence-electron chi connectivity index (χ4n) is 1.44. The number of rotatable bonds is 4. The lowest BCUT2D eigenvalue weighted by Gasteiger charge is -2.09. The van der Waals surface area contributed by atoms with Crippen LogP contribution in [0.1, 0.15) is 11.3 Å². The van der Waals surface area contributed by atoms with Crippen LogP contribution in [0.2, 0.25) is 0 Å². The van der Waals surface area contributed by atoms with Gasteiger partial charge in [0.15, 0.2) is 0 Å². The minimum atomic E-state index is 0.291. The molecule has 0 aromatic carbocycles. The SMILES string of the molecule is NC(=S)c1ncccc1NCc1cccnc1. The van der Waals surface area contributed by atoms with Crippen LogP contribution in [0, 0.1) is 0 Å². The molecule has 0 fully saturated rings. The number of pyridine rings is 2. The van der Waals surface area contributed by atoms with Crippen molar-refractivity contribution in [2.45, 2.75) is 6.54 Å². The van der Waals surface area contributed by atoms with Crippen LogP contribution in [0.15, 0.2) is 42.9 Å². The van der Waals surface area contributed by atoms with Crippen molar-refractivity contribution in [2.75, 3.05) is 5.32 Å². The first-order valence-corrected chi connectivity index (χ1v) is 5.56. The van der Waals surface area contributed by atoms with E-state index in [2.05, 4.69) is 15.3 Å². The number of aromatic nitrogens is 2. The Hall–Kier alpha value is -2.01. The Morgan fingerprint density at radius 1 is 1.29 bits per heavy atom. The minimum absolute atomic E-state index is 0.291. The predicted molar refractivity (Wildman–Crippen MR) is 71.7 cm³/mol. The summed E-state index contributed by atoms with van der Waals surface area (Å²) in [5.74, 6) is 0.